The van der Waals surface area contributed by atoms with Crippen molar-refractivity contribution in [2.75, 3.05) is 0 Å². The summed E-state index contributed by atoms with van der Waals surface area (Å²) in [6.07, 6.45) is -3.79. The van der Waals surface area contributed by atoms with Crippen LogP contribution >= 0.6 is 15.9 Å². The van der Waals surface area contributed by atoms with Crippen LogP contribution in [-0.2, 0) is 0 Å². The van der Waals surface area contributed by atoms with E-state index in [0.717, 1.165) is 10.0 Å². The Bertz CT molecular complexity index is 328. The maximum absolute atomic E-state index is 12.2. The molecular weight excluding hydrogens is 257 g/mol. The number of hydrogen-bond donors (Lipinski definition) is 0. The van der Waals surface area contributed by atoms with Gasteiger partial charge in [-0.15, -0.1) is 0 Å². The molecule has 1 saturated carbocycles. The number of halogens is 4. The van der Waals surface area contributed by atoms with Gasteiger partial charge < -0.3 is 0 Å². The predicted octanol–water partition coefficient (Wildman–Crippen LogP) is 4.11. The molecule has 0 unspecified atom stereocenters. The fourth-order valence-electron chi connectivity index (χ4n) is 1.64. The van der Waals surface area contributed by atoms with E-state index in [9.17, 15) is 13.2 Å². The number of alkyl halides is 3. The lowest BCUT2D eigenvalue weighted by molar-refractivity contribution is -0.148. The van der Waals surface area contributed by atoms with Crippen LogP contribution in [0.25, 0.3) is 0 Å². The van der Waals surface area contributed by atoms with E-state index in [1.165, 1.54) is 0 Å². The highest BCUT2D eigenvalue weighted by atomic mass is 79.9. The third kappa shape index (κ3) is 1.95. The summed E-state index contributed by atoms with van der Waals surface area (Å²) in [7, 11) is 0. The van der Waals surface area contributed by atoms with Gasteiger partial charge in [0.05, 0.1) is 5.92 Å². The summed E-state index contributed by atoms with van der Waals surface area (Å²) in [5.74, 6) is -1.44. The summed E-state index contributed by atoms with van der Waals surface area (Å²) >= 11 is 3.25. The quantitative estimate of drug-likeness (QED) is 0.716. The summed E-state index contributed by atoms with van der Waals surface area (Å²) < 4.78 is 37.6. The minimum atomic E-state index is -4.03. The Hall–Kier alpha value is -0.510. The van der Waals surface area contributed by atoms with Gasteiger partial charge in [-0.3, -0.25) is 0 Å². The third-order valence-electron chi connectivity index (χ3n) is 2.51. The Morgan fingerprint density at radius 2 is 1.71 bits per heavy atom. The van der Waals surface area contributed by atoms with E-state index in [1.807, 2.05) is 0 Å². The largest absolute Gasteiger partial charge is 0.392 e. The molecule has 0 saturated heterocycles. The molecule has 0 aromatic heterocycles. The van der Waals surface area contributed by atoms with E-state index >= 15 is 0 Å². The fraction of sp³-hybridized carbons (Fsp3) is 0.400. The molecule has 1 fully saturated rings. The molecule has 4 heteroatoms. The van der Waals surface area contributed by atoms with Crippen LogP contribution in [0.3, 0.4) is 0 Å². The van der Waals surface area contributed by atoms with Crippen LogP contribution in [0.15, 0.2) is 28.7 Å². The number of hydrogen-bond acceptors (Lipinski definition) is 0. The van der Waals surface area contributed by atoms with Gasteiger partial charge in [0.15, 0.2) is 0 Å². The highest BCUT2D eigenvalue weighted by molar-refractivity contribution is 9.10. The second kappa shape index (κ2) is 3.26. The summed E-state index contributed by atoms with van der Waals surface area (Å²) in [6.45, 7) is 0. The van der Waals surface area contributed by atoms with Crippen LogP contribution < -0.4 is 0 Å². The van der Waals surface area contributed by atoms with Crippen LogP contribution in [0.1, 0.15) is 17.9 Å². The Morgan fingerprint density at radius 3 is 2.14 bits per heavy atom. The molecule has 0 bridgehead atoms. The highest BCUT2D eigenvalue weighted by Crippen LogP contribution is 2.56. The first kappa shape index (κ1) is 10.0. The highest BCUT2D eigenvalue weighted by Gasteiger charge is 2.55. The van der Waals surface area contributed by atoms with E-state index in [-0.39, 0.29) is 12.3 Å². The monoisotopic (exact) mass is 264 g/mol. The van der Waals surface area contributed by atoms with Crippen molar-refractivity contribution >= 4 is 15.9 Å². The van der Waals surface area contributed by atoms with Crippen LogP contribution in [0.2, 0.25) is 0 Å². The molecule has 1 aromatic rings. The Labute approximate surface area is 88.2 Å². The average molecular weight is 265 g/mol. The molecule has 2 atom stereocenters. The third-order valence-corrected chi connectivity index (χ3v) is 3.04. The molecular formula is C10H8BrF3. The second-order valence-corrected chi connectivity index (χ2v) is 4.46. The molecule has 2 rings (SSSR count). The Kier molecular flexibility index (Phi) is 2.33. The normalized spacial score (nSPS) is 26.3. The van der Waals surface area contributed by atoms with Crippen LogP contribution in [0.5, 0.6) is 0 Å². The molecule has 0 aliphatic heterocycles. The van der Waals surface area contributed by atoms with Crippen LogP contribution in [0, 0.1) is 5.92 Å². The van der Waals surface area contributed by atoms with Gasteiger partial charge in [0.1, 0.15) is 0 Å². The van der Waals surface area contributed by atoms with Gasteiger partial charge in [-0.25, -0.2) is 0 Å². The van der Waals surface area contributed by atoms with Gasteiger partial charge >= 0.3 is 6.18 Å². The molecule has 0 N–H and O–H groups in total. The lowest BCUT2D eigenvalue weighted by atomic mass is 10.1. The first-order chi connectivity index (χ1) is 6.48. The number of benzene rings is 1. The summed E-state index contributed by atoms with van der Waals surface area (Å²) in [6, 6.07) is 7.06. The topological polar surface area (TPSA) is 0 Å². The van der Waals surface area contributed by atoms with Crippen LogP contribution in [0.4, 0.5) is 13.2 Å². The SMILES string of the molecule is FC(F)(F)[C@H]1C[C@@H]1c1ccc(Br)cc1. The molecule has 1 aliphatic carbocycles. The zero-order valence-corrected chi connectivity index (χ0v) is 8.77. The molecule has 0 radical (unpaired) electrons. The van der Waals surface area contributed by atoms with Gasteiger partial charge in [0.2, 0.25) is 0 Å². The molecule has 0 nitrogen and oxygen atoms in total. The smallest absolute Gasteiger partial charge is 0.171 e. The lowest BCUT2D eigenvalue weighted by Gasteiger charge is -2.05. The van der Waals surface area contributed by atoms with E-state index in [1.54, 1.807) is 24.3 Å². The van der Waals surface area contributed by atoms with Crippen molar-refractivity contribution < 1.29 is 13.2 Å². The molecule has 14 heavy (non-hydrogen) atoms. The van der Waals surface area contributed by atoms with E-state index in [0.29, 0.717) is 0 Å². The summed E-state index contributed by atoms with van der Waals surface area (Å²) in [4.78, 5) is 0. The van der Waals surface area contributed by atoms with Crippen molar-refractivity contribution in [3.63, 3.8) is 0 Å². The maximum atomic E-state index is 12.2. The van der Waals surface area contributed by atoms with E-state index < -0.39 is 12.1 Å². The van der Waals surface area contributed by atoms with Crippen molar-refractivity contribution in [3.05, 3.63) is 34.3 Å². The predicted molar refractivity (Wildman–Crippen MR) is 51.0 cm³/mol. The van der Waals surface area contributed by atoms with Gasteiger partial charge in [-0.2, -0.15) is 13.2 Å². The van der Waals surface area contributed by atoms with Gasteiger partial charge in [-0.1, -0.05) is 28.1 Å². The van der Waals surface area contributed by atoms with Gasteiger partial charge in [-0.05, 0) is 30.0 Å². The van der Waals surface area contributed by atoms with Crippen molar-refractivity contribution in [1.29, 1.82) is 0 Å². The van der Waals surface area contributed by atoms with E-state index in [2.05, 4.69) is 15.9 Å². The Morgan fingerprint density at radius 1 is 1.14 bits per heavy atom. The zero-order valence-electron chi connectivity index (χ0n) is 7.18. The van der Waals surface area contributed by atoms with Crippen molar-refractivity contribution in [1.82, 2.24) is 0 Å². The molecule has 0 amide bonds. The standard InChI is InChI=1S/C10H8BrF3/c11-7-3-1-6(2-4-7)8-5-9(8)10(12,13)14/h1-4,8-9H,5H2/t8-,9+/m1/s1. The molecule has 1 aliphatic rings. The first-order valence-corrected chi connectivity index (χ1v) is 5.10. The minimum absolute atomic E-state index is 0.241. The molecule has 1 aromatic carbocycles. The zero-order chi connectivity index (χ0) is 10.3. The van der Waals surface area contributed by atoms with Gasteiger partial charge in [0, 0.05) is 4.47 Å². The lowest BCUT2D eigenvalue weighted by Crippen LogP contribution is -2.11. The molecule has 76 valence electrons. The van der Waals surface area contributed by atoms with Gasteiger partial charge in [0.25, 0.3) is 0 Å². The Balaban J connectivity index is 2.10. The fourth-order valence-corrected chi connectivity index (χ4v) is 1.90. The average Bonchev–Trinajstić information content (AvgIpc) is 2.83. The summed E-state index contributed by atoms with van der Waals surface area (Å²) in [5, 5.41) is 0. The maximum Gasteiger partial charge on any atom is 0.392 e. The van der Waals surface area contributed by atoms with Crippen LogP contribution in [-0.4, -0.2) is 6.18 Å². The molecule has 0 spiro atoms. The minimum Gasteiger partial charge on any atom is -0.171 e. The summed E-state index contributed by atoms with van der Waals surface area (Å²) in [5.41, 5.74) is 0.788. The number of rotatable bonds is 1. The van der Waals surface area contributed by atoms with Crippen molar-refractivity contribution in [3.8, 4) is 0 Å². The first-order valence-electron chi connectivity index (χ1n) is 4.30. The molecule has 0 heterocycles. The van der Waals surface area contributed by atoms with Crippen molar-refractivity contribution in [2.45, 2.75) is 18.5 Å². The van der Waals surface area contributed by atoms with E-state index in [4.69, 9.17) is 0 Å². The van der Waals surface area contributed by atoms with Crippen molar-refractivity contribution in [2.24, 2.45) is 5.92 Å². The second-order valence-electron chi connectivity index (χ2n) is 3.54.